The first-order valence-corrected chi connectivity index (χ1v) is 7.54. The van der Waals surface area contributed by atoms with E-state index in [1.54, 1.807) is 12.1 Å². The maximum atomic E-state index is 13.7. The van der Waals surface area contributed by atoms with E-state index in [0.29, 0.717) is 0 Å². The van der Waals surface area contributed by atoms with Gasteiger partial charge in [0.05, 0.1) is 0 Å². The molecule has 0 atom stereocenters. The summed E-state index contributed by atoms with van der Waals surface area (Å²) < 4.78 is 13.7. The molecule has 0 aliphatic carbocycles. The summed E-state index contributed by atoms with van der Waals surface area (Å²) in [4.78, 5) is 2.34. The molecule has 1 saturated heterocycles. The average molecular weight is 264 g/mol. The Balaban J connectivity index is 2.10. The van der Waals surface area contributed by atoms with Crippen LogP contribution in [-0.4, -0.2) is 19.6 Å². The molecule has 19 heavy (non-hydrogen) atoms. The van der Waals surface area contributed by atoms with Crippen LogP contribution in [0, 0.1) is 5.82 Å². The summed E-state index contributed by atoms with van der Waals surface area (Å²) in [7, 11) is 0. The highest BCUT2D eigenvalue weighted by molar-refractivity contribution is 5.49. The number of nitrogens with zero attached hydrogens (tertiary/aromatic N) is 1. The predicted molar refractivity (Wildman–Crippen MR) is 79.1 cm³/mol. The Labute approximate surface area is 116 Å². The van der Waals surface area contributed by atoms with Gasteiger partial charge in [0.2, 0.25) is 0 Å². The summed E-state index contributed by atoms with van der Waals surface area (Å²) in [5.74, 6) is -0.118. The summed E-state index contributed by atoms with van der Waals surface area (Å²) in [6, 6.07) is 5.45. The molecule has 0 aromatic heterocycles. The minimum atomic E-state index is -0.118. The molecule has 3 heteroatoms. The van der Waals surface area contributed by atoms with E-state index >= 15 is 0 Å². The first kappa shape index (κ1) is 14.3. The smallest absolute Gasteiger partial charge is 0.125 e. The molecule has 0 spiro atoms. The number of anilines is 1. The molecule has 1 aromatic carbocycles. The number of nitrogens with one attached hydrogen (secondary N) is 1. The average Bonchev–Trinajstić information content (AvgIpc) is 2.35. The second-order valence-electron chi connectivity index (χ2n) is 5.35. The standard InChI is InChI=1S/C16H25FN2/c1-2-18-13-14-10-15(17)12-16(11-14)19-8-6-4-3-5-7-9-19/h10-12,18H,2-9,13H2,1H3. The summed E-state index contributed by atoms with van der Waals surface area (Å²) >= 11 is 0. The fourth-order valence-electron chi connectivity index (χ4n) is 2.69. The second kappa shape index (κ2) is 7.49. The largest absolute Gasteiger partial charge is 0.371 e. The molecule has 1 aliphatic heterocycles. The minimum absolute atomic E-state index is 0.118. The number of hydrogen-bond donors (Lipinski definition) is 1. The molecule has 1 fully saturated rings. The van der Waals surface area contributed by atoms with Gasteiger partial charge in [-0.2, -0.15) is 0 Å². The topological polar surface area (TPSA) is 15.3 Å². The normalized spacial score (nSPS) is 17.1. The molecular weight excluding hydrogens is 239 g/mol. The Morgan fingerprint density at radius 2 is 1.74 bits per heavy atom. The van der Waals surface area contributed by atoms with Gasteiger partial charge in [-0.15, -0.1) is 0 Å². The molecule has 1 heterocycles. The van der Waals surface area contributed by atoms with E-state index in [-0.39, 0.29) is 5.82 Å². The van der Waals surface area contributed by atoms with E-state index in [0.717, 1.165) is 37.4 Å². The van der Waals surface area contributed by atoms with Crippen molar-refractivity contribution in [3.8, 4) is 0 Å². The molecule has 0 saturated carbocycles. The third-order valence-electron chi connectivity index (χ3n) is 3.74. The van der Waals surface area contributed by atoms with Crippen LogP contribution in [-0.2, 0) is 6.54 Å². The van der Waals surface area contributed by atoms with Gasteiger partial charge in [0, 0.05) is 25.3 Å². The molecule has 0 amide bonds. The maximum Gasteiger partial charge on any atom is 0.125 e. The van der Waals surface area contributed by atoms with E-state index in [9.17, 15) is 4.39 Å². The van der Waals surface area contributed by atoms with E-state index in [4.69, 9.17) is 0 Å². The predicted octanol–water partition coefficient (Wildman–Crippen LogP) is 3.71. The molecule has 0 bridgehead atoms. The maximum absolute atomic E-state index is 13.7. The highest BCUT2D eigenvalue weighted by Gasteiger charge is 2.11. The van der Waals surface area contributed by atoms with Crippen LogP contribution in [0.15, 0.2) is 18.2 Å². The lowest BCUT2D eigenvalue weighted by Crippen LogP contribution is -2.27. The van der Waals surface area contributed by atoms with Gasteiger partial charge in [0.1, 0.15) is 5.82 Å². The molecule has 2 rings (SSSR count). The molecule has 1 aliphatic rings. The molecule has 2 nitrogen and oxygen atoms in total. The van der Waals surface area contributed by atoms with Crippen LogP contribution in [0.3, 0.4) is 0 Å². The lowest BCUT2D eigenvalue weighted by molar-refractivity contribution is 0.554. The third kappa shape index (κ3) is 4.50. The summed E-state index contributed by atoms with van der Waals surface area (Å²) in [5, 5.41) is 3.26. The van der Waals surface area contributed by atoms with Gasteiger partial charge in [0.25, 0.3) is 0 Å². The minimum Gasteiger partial charge on any atom is -0.371 e. The lowest BCUT2D eigenvalue weighted by atomic mass is 10.1. The van der Waals surface area contributed by atoms with Crippen molar-refractivity contribution < 1.29 is 4.39 Å². The zero-order valence-electron chi connectivity index (χ0n) is 11.9. The summed E-state index contributed by atoms with van der Waals surface area (Å²) in [5.41, 5.74) is 2.09. The van der Waals surface area contributed by atoms with Gasteiger partial charge in [0.15, 0.2) is 0 Å². The van der Waals surface area contributed by atoms with E-state index in [1.165, 1.54) is 32.1 Å². The zero-order valence-corrected chi connectivity index (χ0v) is 11.9. The SMILES string of the molecule is CCNCc1cc(F)cc(N2CCCCCCC2)c1. The van der Waals surface area contributed by atoms with Crippen molar-refractivity contribution in [2.75, 3.05) is 24.5 Å². The molecular formula is C16H25FN2. The van der Waals surface area contributed by atoms with Crippen molar-refractivity contribution in [3.05, 3.63) is 29.6 Å². The van der Waals surface area contributed by atoms with Crippen molar-refractivity contribution in [2.45, 2.75) is 45.6 Å². The monoisotopic (exact) mass is 264 g/mol. The molecule has 0 radical (unpaired) electrons. The van der Waals surface area contributed by atoms with Crippen LogP contribution >= 0.6 is 0 Å². The van der Waals surface area contributed by atoms with Crippen molar-refractivity contribution in [2.24, 2.45) is 0 Å². The zero-order chi connectivity index (χ0) is 13.5. The van der Waals surface area contributed by atoms with Crippen LogP contribution in [0.1, 0.15) is 44.6 Å². The Bertz CT molecular complexity index is 384. The highest BCUT2D eigenvalue weighted by atomic mass is 19.1. The van der Waals surface area contributed by atoms with Gasteiger partial charge in [-0.25, -0.2) is 4.39 Å². The van der Waals surface area contributed by atoms with Crippen LogP contribution in [0.25, 0.3) is 0 Å². The summed E-state index contributed by atoms with van der Waals surface area (Å²) in [6.07, 6.45) is 6.40. The van der Waals surface area contributed by atoms with Crippen molar-refractivity contribution in [1.82, 2.24) is 5.32 Å². The van der Waals surface area contributed by atoms with Crippen molar-refractivity contribution in [1.29, 1.82) is 0 Å². The Morgan fingerprint density at radius 3 is 2.42 bits per heavy atom. The van der Waals surface area contributed by atoms with E-state index < -0.39 is 0 Å². The molecule has 106 valence electrons. The van der Waals surface area contributed by atoms with Gasteiger partial charge in [-0.05, 0) is 43.1 Å². The fourth-order valence-corrected chi connectivity index (χ4v) is 2.69. The van der Waals surface area contributed by atoms with Crippen LogP contribution in [0.5, 0.6) is 0 Å². The summed E-state index contributed by atoms with van der Waals surface area (Å²) in [6.45, 7) is 5.84. The highest BCUT2D eigenvalue weighted by Crippen LogP contribution is 2.22. The number of benzene rings is 1. The molecule has 0 unspecified atom stereocenters. The number of hydrogen-bond acceptors (Lipinski definition) is 2. The van der Waals surface area contributed by atoms with E-state index in [1.807, 2.05) is 0 Å². The van der Waals surface area contributed by atoms with Gasteiger partial charge in [-0.1, -0.05) is 26.2 Å². The van der Waals surface area contributed by atoms with Crippen molar-refractivity contribution in [3.63, 3.8) is 0 Å². The Morgan fingerprint density at radius 1 is 1.05 bits per heavy atom. The van der Waals surface area contributed by atoms with Crippen LogP contribution in [0.2, 0.25) is 0 Å². The molecule has 1 aromatic rings. The molecule has 1 N–H and O–H groups in total. The lowest BCUT2D eigenvalue weighted by Gasteiger charge is -2.27. The first-order chi connectivity index (χ1) is 9.29. The van der Waals surface area contributed by atoms with Crippen LogP contribution < -0.4 is 10.2 Å². The Kier molecular flexibility index (Phi) is 5.64. The quantitative estimate of drug-likeness (QED) is 0.892. The fraction of sp³-hybridized carbons (Fsp3) is 0.625. The van der Waals surface area contributed by atoms with Gasteiger partial charge in [-0.3, -0.25) is 0 Å². The van der Waals surface area contributed by atoms with E-state index in [2.05, 4.69) is 23.2 Å². The third-order valence-corrected chi connectivity index (χ3v) is 3.74. The first-order valence-electron chi connectivity index (χ1n) is 7.54. The Hall–Kier alpha value is -1.09. The van der Waals surface area contributed by atoms with Gasteiger partial charge < -0.3 is 10.2 Å². The number of halogens is 1. The van der Waals surface area contributed by atoms with Crippen LogP contribution in [0.4, 0.5) is 10.1 Å². The van der Waals surface area contributed by atoms with Gasteiger partial charge >= 0.3 is 0 Å². The number of rotatable bonds is 4. The second-order valence-corrected chi connectivity index (χ2v) is 5.35. The van der Waals surface area contributed by atoms with Crippen molar-refractivity contribution >= 4 is 5.69 Å².